The number of nitrogens with zero attached hydrogens (tertiary/aromatic N) is 3. The quantitative estimate of drug-likeness (QED) is 0.718. The number of carbonyl (C=O) groups is 1. The Bertz CT molecular complexity index is 1130. The molecule has 1 aliphatic heterocycles. The number of carboxylic acids is 1. The Hall–Kier alpha value is -2.77. The largest absolute Gasteiger partial charge is 0.477 e. The summed E-state index contributed by atoms with van der Waals surface area (Å²) in [6.07, 6.45) is 5.40. The number of anilines is 1. The molecule has 6 nitrogen and oxygen atoms in total. The average Bonchev–Trinajstić information content (AvgIpc) is 3.41. The van der Waals surface area contributed by atoms with Gasteiger partial charge in [-0.15, -0.1) is 0 Å². The van der Waals surface area contributed by atoms with E-state index in [0.717, 1.165) is 25.3 Å². The molecule has 0 spiro atoms. The summed E-state index contributed by atoms with van der Waals surface area (Å²) < 4.78 is 32.2. The highest BCUT2D eigenvalue weighted by Gasteiger charge is 2.32. The van der Waals surface area contributed by atoms with Crippen molar-refractivity contribution in [2.75, 3.05) is 24.5 Å². The Labute approximate surface area is 179 Å². The zero-order valence-corrected chi connectivity index (χ0v) is 18.0. The van der Waals surface area contributed by atoms with E-state index in [-0.39, 0.29) is 34.0 Å². The Morgan fingerprint density at radius 2 is 2.00 bits per heavy atom. The van der Waals surface area contributed by atoms with Crippen LogP contribution < -0.4 is 10.3 Å². The van der Waals surface area contributed by atoms with Gasteiger partial charge in [0.05, 0.1) is 10.9 Å². The molecule has 1 N–H and O–H groups in total. The summed E-state index contributed by atoms with van der Waals surface area (Å²) in [5.74, 6) is -2.85. The predicted octanol–water partition coefficient (Wildman–Crippen LogP) is 4.26. The van der Waals surface area contributed by atoms with Gasteiger partial charge in [-0.1, -0.05) is 20.8 Å². The van der Waals surface area contributed by atoms with Crippen molar-refractivity contribution < 1.29 is 18.7 Å². The molecule has 166 valence electrons. The lowest BCUT2D eigenvalue weighted by Gasteiger charge is -2.22. The van der Waals surface area contributed by atoms with Gasteiger partial charge in [0.25, 0.3) is 0 Å². The van der Waals surface area contributed by atoms with Crippen LogP contribution in [0, 0.1) is 23.0 Å². The van der Waals surface area contributed by atoms with E-state index in [9.17, 15) is 14.7 Å². The van der Waals surface area contributed by atoms with E-state index >= 15 is 8.78 Å². The van der Waals surface area contributed by atoms with Crippen LogP contribution >= 0.6 is 0 Å². The van der Waals surface area contributed by atoms with Crippen LogP contribution in [0.25, 0.3) is 10.9 Å². The second kappa shape index (κ2) is 7.73. The predicted molar refractivity (Wildman–Crippen MR) is 116 cm³/mol. The Kier molecular flexibility index (Phi) is 5.35. The molecule has 1 aliphatic carbocycles. The van der Waals surface area contributed by atoms with E-state index in [1.807, 2.05) is 6.21 Å². The lowest BCUT2D eigenvalue weighted by molar-refractivity contribution is 0.0694. The Morgan fingerprint density at radius 1 is 1.29 bits per heavy atom. The SMILES string of the molecule is CC(C)(C)C=NCC1CCN(c2c(F)cc3c(=O)c(C(=O)O)cn(C4CC4)c3c2F)C1. The second-order valence-corrected chi connectivity index (χ2v) is 9.69. The fraction of sp³-hybridized carbons (Fsp3) is 0.522. The maximum absolute atomic E-state index is 15.7. The van der Waals surface area contributed by atoms with E-state index < -0.39 is 28.6 Å². The number of benzene rings is 1. The topological polar surface area (TPSA) is 74.9 Å². The summed E-state index contributed by atoms with van der Waals surface area (Å²) in [4.78, 5) is 30.2. The molecular formula is C23H27F2N3O3. The minimum atomic E-state index is -1.40. The number of carboxylic acid groups (broad SMARTS) is 1. The monoisotopic (exact) mass is 431 g/mol. The standard InChI is InChI=1S/C23H27F2N3O3/c1-23(2,3)12-26-9-13-6-7-27(10-13)20-17(24)8-15-19(18(20)25)28(14-4-5-14)11-16(21(15)29)22(30)31/h8,11-14H,4-7,9-10H2,1-3H3,(H,30,31). The van der Waals surface area contributed by atoms with Crippen molar-refractivity contribution in [3.05, 3.63) is 39.7 Å². The number of fused-ring (bicyclic) bond motifs is 1. The first-order chi connectivity index (χ1) is 14.6. The molecule has 1 atom stereocenters. The number of halogens is 2. The van der Waals surface area contributed by atoms with Gasteiger partial charge in [-0.05, 0) is 36.7 Å². The van der Waals surface area contributed by atoms with Crippen LogP contribution in [-0.4, -0.2) is 41.5 Å². The van der Waals surface area contributed by atoms with Crippen LogP contribution in [0.5, 0.6) is 0 Å². The van der Waals surface area contributed by atoms with Gasteiger partial charge in [0.1, 0.15) is 17.1 Å². The first kappa shape index (κ1) is 21.5. The zero-order chi connectivity index (χ0) is 22.5. The third-order valence-corrected chi connectivity index (χ3v) is 5.80. The highest BCUT2D eigenvalue weighted by atomic mass is 19.1. The number of pyridine rings is 1. The molecule has 1 saturated carbocycles. The normalized spacial score (nSPS) is 19.6. The fourth-order valence-electron chi connectivity index (χ4n) is 4.17. The fourth-order valence-corrected chi connectivity index (χ4v) is 4.17. The molecule has 1 saturated heterocycles. The molecule has 31 heavy (non-hydrogen) atoms. The van der Waals surface area contributed by atoms with Crippen LogP contribution in [0.4, 0.5) is 14.5 Å². The van der Waals surface area contributed by atoms with E-state index in [2.05, 4.69) is 25.8 Å². The van der Waals surface area contributed by atoms with Crippen LogP contribution in [0.1, 0.15) is 56.4 Å². The van der Waals surface area contributed by atoms with Gasteiger partial charge in [0.15, 0.2) is 5.82 Å². The first-order valence-electron chi connectivity index (χ1n) is 10.6. The molecule has 1 unspecified atom stereocenters. The van der Waals surface area contributed by atoms with Gasteiger partial charge in [0.2, 0.25) is 5.43 Å². The summed E-state index contributed by atoms with van der Waals surface area (Å²) in [5, 5.41) is 9.12. The molecule has 2 aromatic rings. The average molecular weight is 431 g/mol. The van der Waals surface area contributed by atoms with Gasteiger partial charge >= 0.3 is 5.97 Å². The molecule has 2 heterocycles. The molecule has 4 rings (SSSR count). The number of aliphatic imine (C=N–C) groups is 1. The Morgan fingerprint density at radius 3 is 2.61 bits per heavy atom. The summed E-state index contributed by atoms with van der Waals surface area (Å²) in [6.45, 7) is 7.75. The van der Waals surface area contributed by atoms with Crippen molar-refractivity contribution in [3.8, 4) is 0 Å². The van der Waals surface area contributed by atoms with Crippen molar-refractivity contribution in [2.45, 2.75) is 46.1 Å². The van der Waals surface area contributed by atoms with E-state index in [0.29, 0.717) is 19.6 Å². The Balaban J connectivity index is 1.72. The maximum Gasteiger partial charge on any atom is 0.341 e. The molecule has 1 aromatic heterocycles. The van der Waals surface area contributed by atoms with E-state index in [1.54, 1.807) is 4.90 Å². The summed E-state index contributed by atoms with van der Waals surface area (Å²) >= 11 is 0. The van der Waals surface area contributed by atoms with Gasteiger partial charge in [0, 0.05) is 38.1 Å². The van der Waals surface area contributed by atoms with E-state index in [4.69, 9.17) is 0 Å². The molecule has 2 fully saturated rings. The highest BCUT2D eigenvalue weighted by molar-refractivity contribution is 5.94. The highest BCUT2D eigenvalue weighted by Crippen LogP contribution is 2.40. The van der Waals surface area contributed by atoms with Gasteiger partial charge in [-0.25, -0.2) is 13.6 Å². The van der Waals surface area contributed by atoms with Crippen LogP contribution in [0.15, 0.2) is 22.1 Å². The van der Waals surface area contributed by atoms with Gasteiger partial charge in [-0.3, -0.25) is 9.79 Å². The molecule has 2 aliphatic rings. The van der Waals surface area contributed by atoms with Crippen molar-refractivity contribution in [2.24, 2.45) is 16.3 Å². The third kappa shape index (κ3) is 4.20. The number of aromatic nitrogens is 1. The minimum absolute atomic E-state index is 0.0110. The van der Waals surface area contributed by atoms with Crippen molar-refractivity contribution in [1.82, 2.24) is 4.57 Å². The molecule has 0 amide bonds. The van der Waals surface area contributed by atoms with Crippen LogP contribution in [0.2, 0.25) is 0 Å². The molecule has 8 heteroatoms. The number of hydrogen-bond acceptors (Lipinski definition) is 4. The zero-order valence-electron chi connectivity index (χ0n) is 18.0. The number of hydrogen-bond donors (Lipinski definition) is 1. The molecule has 0 bridgehead atoms. The van der Waals surface area contributed by atoms with E-state index in [1.165, 1.54) is 10.8 Å². The van der Waals surface area contributed by atoms with Gasteiger partial charge < -0.3 is 14.6 Å². The summed E-state index contributed by atoms with van der Waals surface area (Å²) in [5.41, 5.74) is -1.51. The third-order valence-electron chi connectivity index (χ3n) is 5.80. The molecular weight excluding hydrogens is 404 g/mol. The first-order valence-corrected chi connectivity index (χ1v) is 10.6. The number of aromatic carboxylic acids is 1. The van der Waals surface area contributed by atoms with Crippen molar-refractivity contribution >= 4 is 28.8 Å². The smallest absolute Gasteiger partial charge is 0.341 e. The van der Waals surface area contributed by atoms with Crippen molar-refractivity contribution in [1.29, 1.82) is 0 Å². The minimum Gasteiger partial charge on any atom is -0.477 e. The van der Waals surface area contributed by atoms with Crippen molar-refractivity contribution in [3.63, 3.8) is 0 Å². The molecule has 1 aromatic carbocycles. The molecule has 0 radical (unpaired) electrons. The van der Waals surface area contributed by atoms with Crippen LogP contribution in [0.3, 0.4) is 0 Å². The van der Waals surface area contributed by atoms with Crippen LogP contribution in [-0.2, 0) is 0 Å². The summed E-state index contributed by atoms with van der Waals surface area (Å²) in [6, 6.07) is 0.916. The number of rotatable bonds is 5. The summed E-state index contributed by atoms with van der Waals surface area (Å²) in [7, 11) is 0. The van der Waals surface area contributed by atoms with Gasteiger partial charge in [-0.2, -0.15) is 0 Å². The maximum atomic E-state index is 15.7. The lowest BCUT2D eigenvalue weighted by atomic mass is 9.99. The second-order valence-electron chi connectivity index (χ2n) is 9.69. The lowest BCUT2D eigenvalue weighted by Crippen LogP contribution is -2.25.